The lowest BCUT2D eigenvalue weighted by molar-refractivity contribution is 0.155. The van der Waals surface area contributed by atoms with E-state index >= 15 is 0 Å². The van der Waals surface area contributed by atoms with Gasteiger partial charge in [0.15, 0.2) is 0 Å². The highest BCUT2D eigenvalue weighted by Crippen LogP contribution is 2.16. The minimum absolute atomic E-state index is 0.387. The minimum Gasteiger partial charge on any atom is -0.392 e. The van der Waals surface area contributed by atoms with Crippen LogP contribution in [0.1, 0.15) is 18.6 Å². The van der Waals surface area contributed by atoms with Gasteiger partial charge in [-0.2, -0.15) is 0 Å². The number of hydrogen-bond acceptors (Lipinski definition) is 3. The molecule has 0 aromatic heterocycles. The maximum atomic E-state index is 9.76. The Morgan fingerprint density at radius 3 is 2.33 bits per heavy atom. The molecule has 0 aliphatic rings. The van der Waals surface area contributed by atoms with Crippen molar-refractivity contribution in [1.82, 2.24) is 5.32 Å². The van der Waals surface area contributed by atoms with Crippen LogP contribution >= 0.6 is 15.9 Å². The molecule has 0 radical (unpaired) electrons. The Hall–Kier alpha value is -0.420. The van der Waals surface area contributed by atoms with E-state index in [4.69, 9.17) is 5.11 Å². The molecule has 4 heteroatoms. The van der Waals surface area contributed by atoms with Gasteiger partial charge in [0.05, 0.1) is 12.2 Å². The summed E-state index contributed by atoms with van der Waals surface area (Å²) in [5, 5.41) is 21.8. The van der Waals surface area contributed by atoms with Crippen molar-refractivity contribution in [3.8, 4) is 0 Å². The van der Waals surface area contributed by atoms with Gasteiger partial charge in [-0.25, -0.2) is 0 Å². The van der Waals surface area contributed by atoms with Crippen molar-refractivity contribution < 1.29 is 10.2 Å². The second kappa shape index (κ2) is 6.23. The van der Waals surface area contributed by atoms with E-state index in [1.54, 1.807) is 6.92 Å². The largest absolute Gasteiger partial charge is 0.392 e. The van der Waals surface area contributed by atoms with Crippen LogP contribution < -0.4 is 5.32 Å². The highest BCUT2D eigenvalue weighted by Gasteiger charge is 2.06. The zero-order valence-electron chi connectivity index (χ0n) is 8.65. The second-order valence-electron chi connectivity index (χ2n) is 3.57. The zero-order chi connectivity index (χ0) is 11.3. The van der Waals surface area contributed by atoms with E-state index in [9.17, 15) is 5.11 Å². The van der Waals surface area contributed by atoms with Crippen LogP contribution in [0, 0.1) is 0 Å². The molecule has 0 amide bonds. The molecule has 0 spiro atoms. The molecule has 1 rings (SSSR count). The van der Waals surface area contributed by atoms with Crippen LogP contribution in [0.2, 0.25) is 0 Å². The molecule has 0 saturated heterocycles. The monoisotopic (exact) mass is 273 g/mol. The van der Waals surface area contributed by atoms with E-state index < -0.39 is 6.10 Å². The first-order chi connectivity index (χ1) is 7.09. The summed E-state index contributed by atoms with van der Waals surface area (Å²) in [7, 11) is 0. The zero-order valence-corrected chi connectivity index (χ0v) is 10.2. The number of nitrogens with one attached hydrogen (secondary N) is 1. The van der Waals surface area contributed by atoms with Crippen molar-refractivity contribution in [3.05, 3.63) is 34.3 Å². The Balaban J connectivity index is 2.40. The van der Waals surface area contributed by atoms with Crippen molar-refractivity contribution in [1.29, 1.82) is 0 Å². The van der Waals surface area contributed by atoms with Crippen LogP contribution in [-0.4, -0.2) is 29.4 Å². The summed E-state index contributed by atoms with van der Waals surface area (Å²) < 4.78 is 0.996. The number of aliphatic hydroxyl groups is 2. The molecule has 0 bridgehead atoms. The van der Waals surface area contributed by atoms with Gasteiger partial charge >= 0.3 is 0 Å². The molecule has 0 fully saturated rings. The molecule has 84 valence electrons. The Morgan fingerprint density at radius 2 is 1.80 bits per heavy atom. The van der Waals surface area contributed by atoms with Gasteiger partial charge in [0.1, 0.15) is 0 Å². The van der Waals surface area contributed by atoms with Crippen LogP contribution in [0.4, 0.5) is 0 Å². The van der Waals surface area contributed by atoms with Gasteiger partial charge in [-0.05, 0) is 24.6 Å². The summed E-state index contributed by atoms with van der Waals surface area (Å²) >= 11 is 3.34. The third kappa shape index (κ3) is 4.75. The standard InChI is InChI=1S/C11H16BrNO2/c1-8(14)6-13-7-11(15)9-2-4-10(12)5-3-9/h2-5,8,11,13-15H,6-7H2,1H3. The number of hydrogen-bond donors (Lipinski definition) is 3. The van der Waals surface area contributed by atoms with Crippen molar-refractivity contribution in [2.45, 2.75) is 19.1 Å². The van der Waals surface area contributed by atoms with Gasteiger partial charge in [-0.1, -0.05) is 28.1 Å². The Bertz CT molecular complexity index is 287. The molecule has 0 heterocycles. The minimum atomic E-state index is -0.531. The fourth-order valence-corrected chi connectivity index (χ4v) is 1.50. The lowest BCUT2D eigenvalue weighted by Gasteiger charge is -2.13. The molecule has 2 unspecified atom stereocenters. The SMILES string of the molecule is CC(O)CNCC(O)c1ccc(Br)cc1. The summed E-state index contributed by atoms with van der Waals surface area (Å²) in [6.07, 6.45) is -0.918. The third-order valence-corrected chi connectivity index (χ3v) is 2.56. The summed E-state index contributed by atoms with van der Waals surface area (Å²) in [6, 6.07) is 7.54. The van der Waals surface area contributed by atoms with Crippen LogP contribution in [0.3, 0.4) is 0 Å². The summed E-state index contributed by atoms with van der Waals surface area (Å²) in [6.45, 7) is 2.65. The van der Waals surface area contributed by atoms with Crippen LogP contribution in [0.5, 0.6) is 0 Å². The van der Waals surface area contributed by atoms with Crippen molar-refractivity contribution in [2.75, 3.05) is 13.1 Å². The van der Waals surface area contributed by atoms with E-state index in [2.05, 4.69) is 21.2 Å². The average molecular weight is 274 g/mol. The average Bonchev–Trinajstić information content (AvgIpc) is 2.18. The molecular formula is C11H16BrNO2. The summed E-state index contributed by atoms with van der Waals surface area (Å²) in [5.41, 5.74) is 0.872. The quantitative estimate of drug-likeness (QED) is 0.761. The fourth-order valence-electron chi connectivity index (χ4n) is 1.23. The smallest absolute Gasteiger partial charge is 0.0914 e. The van der Waals surface area contributed by atoms with E-state index in [1.165, 1.54) is 0 Å². The first kappa shape index (κ1) is 12.6. The first-order valence-corrected chi connectivity index (χ1v) is 5.71. The first-order valence-electron chi connectivity index (χ1n) is 4.92. The number of rotatable bonds is 5. The molecule has 0 aliphatic heterocycles. The van der Waals surface area contributed by atoms with Crippen LogP contribution in [-0.2, 0) is 0 Å². The van der Waals surface area contributed by atoms with Crippen molar-refractivity contribution in [3.63, 3.8) is 0 Å². The Morgan fingerprint density at radius 1 is 1.20 bits per heavy atom. The molecule has 3 nitrogen and oxygen atoms in total. The predicted molar refractivity (Wildman–Crippen MR) is 63.7 cm³/mol. The van der Waals surface area contributed by atoms with Crippen LogP contribution in [0.25, 0.3) is 0 Å². The van der Waals surface area contributed by atoms with E-state index in [0.717, 1.165) is 10.0 Å². The third-order valence-electron chi connectivity index (χ3n) is 2.03. The molecule has 3 N–H and O–H groups in total. The maximum Gasteiger partial charge on any atom is 0.0914 e. The molecule has 15 heavy (non-hydrogen) atoms. The van der Waals surface area contributed by atoms with Gasteiger partial charge < -0.3 is 15.5 Å². The van der Waals surface area contributed by atoms with E-state index in [1.807, 2.05) is 24.3 Å². The number of halogens is 1. The molecule has 1 aromatic carbocycles. The van der Waals surface area contributed by atoms with Gasteiger partial charge in [0, 0.05) is 17.6 Å². The molecule has 0 aliphatic carbocycles. The number of aliphatic hydroxyl groups excluding tert-OH is 2. The summed E-state index contributed by atoms with van der Waals surface area (Å²) in [4.78, 5) is 0. The highest BCUT2D eigenvalue weighted by atomic mass is 79.9. The fraction of sp³-hybridized carbons (Fsp3) is 0.455. The predicted octanol–water partition coefficient (Wildman–Crippen LogP) is 1.45. The van der Waals surface area contributed by atoms with Gasteiger partial charge in [-0.3, -0.25) is 0 Å². The van der Waals surface area contributed by atoms with Gasteiger partial charge in [-0.15, -0.1) is 0 Å². The molecule has 0 saturated carbocycles. The Labute approximate surface area is 98.3 Å². The maximum absolute atomic E-state index is 9.76. The van der Waals surface area contributed by atoms with Gasteiger partial charge in [0.25, 0.3) is 0 Å². The number of benzene rings is 1. The lowest BCUT2D eigenvalue weighted by atomic mass is 10.1. The topological polar surface area (TPSA) is 52.5 Å². The highest BCUT2D eigenvalue weighted by molar-refractivity contribution is 9.10. The molecule has 2 atom stereocenters. The van der Waals surface area contributed by atoms with Crippen LogP contribution in [0.15, 0.2) is 28.7 Å². The van der Waals surface area contributed by atoms with Crippen molar-refractivity contribution >= 4 is 15.9 Å². The molecule has 1 aromatic rings. The Kier molecular flexibility index (Phi) is 5.25. The van der Waals surface area contributed by atoms with E-state index in [0.29, 0.717) is 13.1 Å². The lowest BCUT2D eigenvalue weighted by Crippen LogP contribution is -2.28. The molecular weight excluding hydrogens is 258 g/mol. The van der Waals surface area contributed by atoms with E-state index in [-0.39, 0.29) is 6.10 Å². The van der Waals surface area contributed by atoms with Crippen molar-refractivity contribution in [2.24, 2.45) is 0 Å². The summed E-state index contributed by atoms with van der Waals surface area (Å²) in [5.74, 6) is 0. The normalized spacial score (nSPS) is 14.9. The van der Waals surface area contributed by atoms with Gasteiger partial charge in [0.2, 0.25) is 0 Å². The second-order valence-corrected chi connectivity index (χ2v) is 4.49.